The third kappa shape index (κ3) is 4.63. The summed E-state index contributed by atoms with van der Waals surface area (Å²) in [5.74, 6) is 1.53. The molecule has 2 aliphatic rings. The van der Waals surface area contributed by atoms with E-state index in [0.29, 0.717) is 19.0 Å². The van der Waals surface area contributed by atoms with Gasteiger partial charge in [0.15, 0.2) is 0 Å². The van der Waals surface area contributed by atoms with Crippen molar-refractivity contribution in [3.05, 3.63) is 65.0 Å². The average molecular weight is 457 g/mol. The monoisotopic (exact) mass is 456 g/mol. The summed E-state index contributed by atoms with van der Waals surface area (Å²) in [6, 6.07) is 10.3. The highest BCUT2D eigenvalue weighted by molar-refractivity contribution is 5.71. The minimum atomic E-state index is 0.559. The van der Waals surface area contributed by atoms with Gasteiger partial charge in [0.05, 0.1) is 24.8 Å². The normalized spacial score (nSPS) is 15.0. The van der Waals surface area contributed by atoms with Gasteiger partial charge >= 0.3 is 0 Å². The Morgan fingerprint density at radius 2 is 2.09 bits per heavy atom. The first-order valence-corrected chi connectivity index (χ1v) is 11.4. The minimum Gasteiger partial charge on any atom is -0.474 e. The van der Waals surface area contributed by atoms with Crippen LogP contribution in [0.4, 0.5) is 22.9 Å². The van der Waals surface area contributed by atoms with Crippen LogP contribution in [0.2, 0.25) is 0 Å². The maximum Gasteiger partial charge on any atom is 0.237 e. The minimum absolute atomic E-state index is 0.559. The molecule has 3 aromatic rings. The number of aliphatic imine (C=N–C) groups is 2. The quantitative estimate of drug-likeness (QED) is 0.385. The van der Waals surface area contributed by atoms with Crippen LogP contribution in [-0.2, 0) is 19.5 Å². The zero-order valence-electron chi connectivity index (χ0n) is 19.2. The van der Waals surface area contributed by atoms with E-state index in [1.165, 1.54) is 29.4 Å². The van der Waals surface area contributed by atoms with Gasteiger partial charge in [-0.3, -0.25) is 4.99 Å². The summed E-state index contributed by atoms with van der Waals surface area (Å²) in [7, 11) is 0. The zero-order chi connectivity index (χ0) is 23.3. The number of hydrogen-bond donors (Lipinski definition) is 3. The third-order valence-corrected chi connectivity index (χ3v) is 6.09. The van der Waals surface area contributed by atoms with E-state index < -0.39 is 0 Å². The highest BCUT2D eigenvalue weighted by Gasteiger charge is 2.23. The third-order valence-electron chi connectivity index (χ3n) is 6.09. The van der Waals surface area contributed by atoms with E-state index in [4.69, 9.17) is 10.5 Å². The SMILES string of the molecule is Cc1c(N2CCc3cnc(Nc4ccc(CN=CN=CN)cc4)cc3C2)cnc2c1NCCO2. The topological polar surface area (TPSA) is 113 Å². The maximum absolute atomic E-state index is 5.69. The lowest BCUT2D eigenvalue weighted by atomic mass is 10.0. The molecule has 0 saturated carbocycles. The van der Waals surface area contributed by atoms with Crippen molar-refractivity contribution in [1.29, 1.82) is 0 Å². The van der Waals surface area contributed by atoms with Crippen molar-refractivity contribution in [2.75, 3.05) is 35.2 Å². The van der Waals surface area contributed by atoms with Gasteiger partial charge < -0.3 is 26.0 Å². The van der Waals surface area contributed by atoms with Gasteiger partial charge in [0, 0.05) is 37.1 Å². The molecular formula is C25H28N8O. The predicted octanol–water partition coefficient (Wildman–Crippen LogP) is 3.41. The van der Waals surface area contributed by atoms with E-state index in [2.05, 4.69) is 48.5 Å². The number of nitrogens with one attached hydrogen (secondary N) is 2. The van der Waals surface area contributed by atoms with Crippen LogP contribution >= 0.6 is 0 Å². The Bertz CT molecular complexity index is 1220. The van der Waals surface area contributed by atoms with Gasteiger partial charge in [-0.2, -0.15) is 0 Å². The molecule has 4 heterocycles. The molecule has 0 radical (unpaired) electrons. The number of aromatic nitrogens is 2. The molecule has 2 aliphatic heterocycles. The molecule has 1 aromatic carbocycles. The first-order valence-electron chi connectivity index (χ1n) is 11.4. The summed E-state index contributed by atoms with van der Waals surface area (Å²) in [5, 5.41) is 6.85. The molecule has 0 aliphatic carbocycles. The first kappa shape index (κ1) is 21.7. The number of nitrogens with two attached hydrogens (primary N) is 1. The van der Waals surface area contributed by atoms with Crippen molar-refractivity contribution in [1.82, 2.24) is 9.97 Å². The van der Waals surface area contributed by atoms with Crippen molar-refractivity contribution < 1.29 is 4.74 Å². The molecule has 34 heavy (non-hydrogen) atoms. The molecule has 9 heteroatoms. The molecule has 9 nitrogen and oxygen atoms in total. The largest absolute Gasteiger partial charge is 0.474 e. The Kier molecular flexibility index (Phi) is 6.24. The molecule has 0 saturated heterocycles. The Labute approximate surface area is 198 Å². The molecule has 0 amide bonds. The lowest BCUT2D eigenvalue weighted by Crippen LogP contribution is -2.32. The summed E-state index contributed by atoms with van der Waals surface area (Å²) in [4.78, 5) is 19.5. The lowest BCUT2D eigenvalue weighted by molar-refractivity contribution is 0.310. The zero-order valence-corrected chi connectivity index (χ0v) is 19.2. The van der Waals surface area contributed by atoms with E-state index in [0.717, 1.165) is 54.5 Å². The highest BCUT2D eigenvalue weighted by atomic mass is 16.5. The summed E-state index contributed by atoms with van der Waals surface area (Å²) in [6.07, 6.45) is 7.55. The molecule has 0 bridgehead atoms. The number of hydrogen-bond acceptors (Lipinski definition) is 7. The number of pyridine rings is 2. The Balaban J connectivity index is 1.29. The Hall–Kier alpha value is -4.14. The number of rotatable bonds is 6. The number of ether oxygens (including phenoxy) is 1. The van der Waals surface area contributed by atoms with Crippen LogP contribution in [0.1, 0.15) is 22.3 Å². The van der Waals surface area contributed by atoms with E-state index >= 15 is 0 Å². The van der Waals surface area contributed by atoms with Gasteiger partial charge in [0.2, 0.25) is 5.88 Å². The van der Waals surface area contributed by atoms with Crippen LogP contribution in [0.5, 0.6) is 5.88 Å². The molecule has 0 spiro atoms. The standard InChI is InChI=1S/C25H28N8O/c1-17-22(13-31-25-24(17)29-7-9-34-25)33-8-6-19-12-30-23(10-20(19)14-33)32-21-4-2-18(3-5-21)11-27-16-28-15-26/h2-5,10,12-13,15-16,29H,6-9,11,14H2,1H3,(H,30,32)(H2,26,27,28). The van der Waals surface area contributed by atoms with Crippen LogP contribution in [0.25, 0.3) is 0 Å². The predicted molar refractivity (Wildman–Crippen MR) is 137 cm³/mol. The average Bonchev–Trinajstić information content (AvgIpc) is 2.88. The smallest absolute Gasteiger partial charge is 0.237 e. The molecule has 0 fully saturated rings. The van der Waals surface area contributed by atoms with Crippen molar-refractivity contribution in [3.8, 4) is 5.88 Å². The fourth-order valence-corrected chi connectivity index (χ4v) is 4.31. The van der Waals surface area contributed by atoms with Crippen LogP contribution in [0, 0.1) is 6.92 Å². The molecule has 0 unspecified atom stereocenters. The van der Waals surface area contributed by atoms with Gasteiger partial charge in [-0.1, -0.05) is 12.1 Å². The fraction of sp³-hybridized carbons (Fsp3) is 0.280. The number of fused-ring (bicyclic) bond motifs is 2. The van der Waals surface area contributed by atoms with Crippen LogP contribution in [-0.4, -0.2) is 42.3 Å². The molecule has 5 rings (SSSR count). The summed E-state index contributed by atoms with van der Waals surface area (Å²) in [6.45, 7) is 5.90. The molecule has 0 atom stereocenters. The van der Waals surface area contributed by atoms with Gasteiger partial charge in [-0.25, -0.2) is 15.0 Å². The van der Waals surface area contributed by atoms with Gasteiger partial charge in [-0.05, 0) is 48.2 Å². The second-order valence-electron chi connectivity index (χ2n) is 8.31. The first-order chi connectivity index (χ1) is 16.7. The molecule has 174 valence electrons. The van der Waals surface area contributed by atoms with E-state index in [9.17, 15) is 0 Å². The Morgan fingerprint density at radius 3 is 2.94 bits per heavy atom. The van der Waals surface area contributed by atoms with Gasteiger partial charge in [0.25, 0.3) is 0 Å². The van der Waals surface area contributed by atoms with Crippen molar-refractivity contribution in [3.63, 3.8) is 0 Å². The molecular weight excluding hydrogens is 428 g/mol. The fourth-order valence-electron chi connectivity index (χ4n) is 4.31. The molecule has 4 N–H and O–H groups in total. The van der Waals surface area contributed by atoms with Gasteiger partial charge in [-0.15, -0.1) is 0 Å². The second kappa shape index (κ2) is 9.78. The van der Waals surface area contributed by atoms with E-state index in [1.807, 2.05) is 36.7 Å². The Morgan fingerprint density at radius 1 is 1.21 bits per heavy atom. The van der Waals surface area contributed by atoms with Crippen LogP contribution in [0.15, 0.2) is 52.7 Å². The van der Waals surface area contributed by atoms with Crippen molar-refractivity contribution in [2.45, 2.75) is 26.4 Å². The van der Waals surface area contributed by atoms with E-state index in [1.54, 1.807) is 0 Å². The van der Waals surface area contributed by atoms with Crippen molar-refractivity contribution >= 4 is 35.6 Å². The second-order valence-corrected chi connectivity index (χ2v) is 8.31. The molecule has 2 aromatic heterocycles. The maximum atomic E-state index is 5.69. The summed E-state index contributed by atoms with van der Waals surface area (Å²) < 4.78 is 5.69. The van der Waals surface area contributed by atoms with Crippen LogP contribution < -0.4 is 26.0 Å². The number of anilines is 4. The highest BCUT2D eigenvalue weighted by Crippen LogP contribution is 2.36. The summed E-state index contributed by atoms with van der Waals surface area (Å²) in [5.41, 5.74) is 13.2. The lowest BCUT2D eigenvalue weighted by Gasteiger charge is -2.33. The van der Waals surface area contributed by atoms with Crippen LogP contribution in [0.3, 0.4) is 0 Å². The number of benzene rings is 1. The van der Waals surface area contributed by atoms with E-state index in [-0.39, 0.29) is 0 Å². The number of nitrogens with zero attached hydrogens (tertiary/aromatic N) is 5. The summed E-state index contributed by atoms with van der Waals surface area (Å²) >= 11 is 0. The van der Waals surface area contributed by atoms with Crippen molar-refractivity contribution in [2.24, 2.45) is 15.7 Å². The van der Waals surface area contributed by atoms with Gasteiger partial charge in [0.1, 0.15) is 24.5 Å².